The van der Waals surface area contributed by atoms with Crippen LogP contribution in [-0.4, -0.2) is 19.0 Å². The summed E-state index contributed by atoms with van der Waals surface area (Å²) in [4.78, 5) is 8.00. The van der Waals surface area contributed by atoms with E-state index < -0.39 is 0 Å². The molecule has 0 radical (unpaired) electrons. The number of hydrogen-bond donors (Lipinski definition) is 1. The first kappa shape index (κ1) is 51.1. The number of carbonyl (C=O) groups excluding carboxylic acids is 1. The molecule has 55 heavy (non-hydrogen) atoms. The highest BCUT2D eigenvalue weighted by Crippen LogP contribution is 2.67. The number of fused-ring (bicyclic) bond motifs is 5. The van der Waals surface area contributed by atoms with Crippen LogP contribution in [0.1, 0.15) is 199 Å². The summed E-state index contributed by atoms with van der Waals surface area (Å²) >= 11 is 0. The van der Waals surface area contributed by atoms with E-state index in [2.05, 4.69) is 119 Å². The van der Waals surface area contributed by atoms with Gasteiger partial charge in [-0.15, -0.1) is 0 Å². The molecule has 0 aromatic heterocycles. The molecule has 4 unspecified atom stereocenters. The minimum atomic E-state index is 0.329. The van der Waals surface area contributed by atoms with Gasteiger partial charge < -0.3 is 9.90 Å². The first-order valence-electron chi connectivity index (χ1n) is 23.0. The predicted molar refractivity (Wildman–Crippen MR) is 245 cm³/mol. The number of aliphatic hydroxyl groups excluding tert-OH is 1. The summed E-state index contributed by atoms with van der Waals surface area (Å²) in [6.45, 7) is 32.2. The molecule has 0 aromatic rings. The van der Waals surface area contributed by atoms with Gasteiger partial charge in [-0.1, -0.05) is 160 Å². The molecule has 3 saturated carbocycles. The van der Waals surface area contributed by atoms with E-state index in [1.54, 1.807) is 12.0 Å². The molecule has 7 atom stereocenters. The van der Waals surface area contributed by atoms with Gasteiger partial charge in [0, 0.05) is 7.11 Å². The highest BCUT2D eigenvalue weighted by atomic mass is 16.2. The summed E-state index contributed by atoms with van der Waals surface area (Å²) in [5.74, 6) is 5.86. The van der Waals surface area contributed by atoms with Crippen molar-refractivity contribution in [2.45, 2.75) is 199 Å². The maximum Gasteiger partial charge on any atom is 0.106 e. The van der Waals surface area contributed by atoms with Crippen LogP contribution in [0.3, 0.4) is 0 Å². The van der Waals surface area contributed by atoms with Gasteiger partial charge in [0.25, 0.3) is 0 Å². The zero-order valence-electron chi connectivity index (χ0n) is 39.1. The Balaban J connectivity index is 0.000000501. The molecule has 5 aliphatic rings. The summed E-state index contributed by atoms with van der Waals surface area (Å²) in [6, 6.07) is 0. The van der Waals surface area contributed by atoms with Crippen LogP contribution >= 0.6 is 0 Å². The quantitative estimate of drug-likeness (QED) is 0.168. The smallest absolute Gasteiger partial charge is 0.106 e. The molecule has 2 heteroatoms. The summed E-state index contributed by atoms with van der Waals surface area (Å²) in [7, 11) is 1.00. The third-order valence-electron chi connectivity index (χ3n) is 14.7. The van der Waals surface area contributed by atoms with Crippen molar-refractivity contribution < 1.29 is 9.90 Å². The summed E-state index contributed by atoms with van der Waals surface area (Å²) in [6.07, 6.45) is 40.3. The van der Waals surface area contributed by atoms with Crippen LogP contribution < -0.4 is 0 Å². The average Bonchev–Trinajstić information content (AvgIpc) is 3.49. The minimum Gasteiger partial charge on any atom is -0.400 e. The largest absolute Gasteiger partial charge is 0.400 e. The fourth-order valence-corrected chi connectivity index (χ4v) is 11.7. The van der Waals surface area contributed by atoms with Crippen molar-refractivity contribution in [1.82, 2.24) is 0 Å². The van der Waals surface area contributed by atoms with Crippen LogP contribution in [0.2, 0.25) is 0 Å². The van der Waals surface area contributed by atoms with Crippen LogP contribution in [0.5, 0.6) is 0 Å². The van der Waals surface area contributed by atoms with E-state index in [4.69, 9.17) is 9.90 Å². The van der Waals surface area contributed by atoms with Crippen LogP contribution in [0.4, 0.5) is 0 Å². The van der Waals surface area contributed by atoms with Gasteiger partial charge in [0.1, 0.15) is 6.79 Å². The Morgan fingerprint density at radius 1 is 0.873 bits per heavy atom. The van der Waals surface area contributed by atoms with Crippen molar-refractivity contribution in [3.63, 3.8) is 0 Å². The third kappa shape index (κ3) is 14.4. The second-order valence-electron chi connectivity index (χ2n) is 19.3. The van der Waals surface area contributed by atoms with Gasteiger partial charge in [-0.2, -0.15) is 0 Å². The highest BCUT2D eigenvalue weighted by Gasteiger charge is 2.58. The van der Waals surface area contributed by atoms with E-state index in [0.29, 0.717) is 16.2 Å². The Morgan fingerprint density at radius 2 is 1.56 bits per heavy atom. The van der Waals surface area contributed by atoms with Crippen molar-refractivity contribution in [3.8, 4) is 0 Å². The van der Waals surface area contributed by atoms with Crippen molar-refractivity contribution >= 4 is 6.79 Å². The molecule has 3 fully saturated rings. The van der Waals surface area contributed by atoms with Gasteiger partial charge in [0.15, 0.2) is 0 Å². The molecule has 0 spiro atoms. The van der Waals surface area contributed by atoms with Crippen molar-refractivity contribution in [1.29, 1.82) is 0 Å². The van der Waals surface area contributed by atoms with Crippen LogP contribution in [0.25, 0.3) is 0 Å². The lowest BCUT2D eigenvalue weighted by Crippen LogP contribution is -2.49. The van der Waals surface area contributed by atoms with Crippen LogP contribution in [-0.2, 0) is 4.79 Å². The predicted octanol–water partition coefficient (Wildman–Crippen LogP) is 16.2. The molecule has 1 N–H and O–H groups in total. The van der Waals surface area contributed by atoms with E-state index in [9.17, 15) is 0 Å². The zero-order valence-corrected chi connectivity index (χ0v) is 39.1. The van der Waals surface area contributed by atoms with Gasteiger partial charge in [0.05, 0.1) is 0 Å². The molecule has 5 aliphatic carbocycles. The SMILES string of the molecule is C=O.CC.CC(C)CCCC(C)C[C@H]1CCC2C3CC=C4CCCC[C@]4(C)C3CC[C@@]21C.CC/C=C(C)/C=C/C=C(C)/C=C/C1=C(C)CCCC1(C)C.CO. The van der Waals surface area contributed by atoms with Crippen molar-refractivity contribution in [3.05, 3.63) is 70.4 Å². The lowest BCUT2D eigenvalue weighted by atomic mass is 9.47. The monoisotopic (exact) mass is 761 g/mol. The number of allylic oxidation sites excluding steroid dienone is 12. The Kier molecular flexibility index (Phi) is 23.6. The Bertz CT molecular complexity index is 1290. The maximum atomic E-state index is 8.00. The standard InChI is InChI=1S/C28H48.C21H32.C2H6.CH4O.CH2O/c1-20(2)9-8-10-21(3)19-23-13-15-25-24-14-12-22-11-6-7-17-27(22,4)26(24)16-18-28(23,25)5;1-7-10-17(2)11-8-12-18(3)14-15-20-19(4)13-9-16-21(20,5)6;3*1-2/h12,20-21,23-26H,6-11,13-19H2,1-5H3;8,10-12,14-15H,7,9,13,16H2,1-6H3;1-2H3;2H,1H3;1H2/b;11-8+,15-14+,17-10+,18-12+;;;/t21?,23-,24?,25?,26?,27+,28-;;;;/m1..../s1. The molecule has 316 valence electrons. The summed E-state index contributed by atoms with van der Waals surface area (Å²) in [5, 5.41) is 7.00. The van der Waals surface area contributed by atoms with Gasteiger partial charge in [-0.3, -0.25) is 0 Å². The fraction of sp³-hybridized carbons (Fsp3) is 0.755. The van der Waals surface area contributed by atoms with Gasteiger partial charge in [0.2, 0.25) is 0 Å². The molecule has 0 amide bonds. The maximum absolute atomic E-state index is 8.00. The van der Waals surface area contributed by atoms with Crippen LogP contribution in [0, 0.1) is 51.8 Å². The van der Waals surface area contributed by atoms with Gasteiger partial charge >= 0.3 is 0 Å². The molecular weight excluding hydrogens is 669 g/mol. The van der Waals surface area contributed by atoms with Crippen molar-refractivity contribution in [2.75, 3.05) is 7.11 Å². The number of aliphatic hydroxyl groups is 1. The molecule has 5 rings (SSSR count). The fourth-order valence-electron chi connectivity index (χ4n) is 11.7. The minimum absolute atomic E-state index is 0.329. The number of carbonyl (C=O) groups is 1. The summed E-state index contributed by atoms with van der Waals surface area (Å²) in [5.41, 5.74) is 9.16. The number of rotatable bonds is 11. The van der Waals surface area contributed by atoms with E-state index >= 15 is 0 Å². The first-order chi connectivity index (χ1) is 26.2. The Hall–Kier alpha value is -1.93. The second kappa shape index (κ2) is 25.4. The second-order valence-corrected chi connectivity index (χ2v) is 19.3. The molecular formula is C53H92O2. The topological polar surface area (TPSA) is 37.3 Å². The van der Waals surface area contributed by atoms with Gasteiger partial charge in [-0.25, -0.2) is 0 Å². The Morgan fingerprint density at radius 3 is 2.20 bits per heavy atom. The van der Waals surface area contributed by atoms with E-state index in [1.165, 1.54) is 113 Å². The zero-order chi connectivity index (χ0) is 41.8. The first-order valence-corrected chi connectivity index (χ1v) is 23.0. The summed E-state index contributed by atoms with van der Waals surface area (Å²) < 4.78 is 0. The van der Waals surface area contributed by atoms with Crippen LogP contribution in [0.15, 0.2) is 70.4 Å². The average molecular weight is 761 g/mol. The molecule has 0 heterocycles. The van der Waals surface area contributed by atoms with E-state index in [-0.39, 0.29) is 0 Å². The molecule has 0 saturated heterocycles. The number of hydrogen-bond acceptors (Lipinski definition) is 2. The Labute approximate surface area is 344 Å². The normalized spacial score (nSPS) is 30.6. The lowest BCUT2D eigenvalue weighted by molar-refractivity contribution is -0.0980. The molecule has 0 aromatic carbocycles. The lowest BCUT2D eigenvalue weighted by Gasteiger charge is -2.57. The molecule has 0 bridgehead atoms. The third-order valence-corrected chi connectivity index (χ3v) is 14.7. The molecule has 2 nitrogen and oxygen atoms in total. The van der Waals surface area contributed by atoms with Gasteiger partial charge in [-0.05, 0) is 162 Å². The van der Waals surface area contributed by atoms with E-state index in [1.807, 2.05) is 26.2 Å². The van der Waals surface area contributed by atoms with E-state index in [0.717, 1.165) is 49.0 Å². The van der Waals surface area contributed by atoms with Crippen molar-refractivity contribution in [2.24, 2.45) is 51.8 Å². The highest BCUT2D eigenvalue weighted by molar-refractivity contribution is 5.37. The molecule has 0 aliphatic heterocycles.